The number of ether oxygens (including phenoxy) is 1. The number of hydrogen-bond donors (Lipinski definition) is 4. The molecule has 70 heavy (non-hydrogen) atoms. The minimum atomic E-state index is -3.45. The lowest BCUT2D eigenvalue weighted by Crippen LogP contribution is -2.54. The van der Waals surface area contributed by atoms with Crippen LogP contribution in [0.5, 0.6) is 0 Å². The summed E-state index contributed by atoms with van der Waals surface area (Å²) in [6.45, 7) is 5.63. The minimum Gasteiger partial charge on any atom is -0.374 e. The van der Waals surface area contributed by atoms with Crippen LogP contribution in [0.3, 0.4) is 0 Å². The second-order valence-corrected chi connectivity index (χ2v) is 22.1. The molecule has 0 saturated carbocycles. The quantitative estimate of drug-likeness (QED) is 0.159. The summed E-state index contributed by atoms with van der Waals surface area (Å²) in [5.41, 5.74) is 3.45. The number of hydrogen-bond acceptors (Lipinski definition) is 14. The van der Waals surface area contributed by atoms with Crippen molar-refractivity contribution < 1.29 is 46.7 Å². The van der Waals surface area contributed by atoms with Crippen LogP contribution in [0.25, 0.3) is 0 Å². The molecule has 21 heteroatoms. The van der Waals surface area contributed by atoms with Crippen molar-refractivity contribution >= 4 is 68.8 Å². The number of carbonyl (C=O) groups is 7. The molecular weight excluding hydrogens is 939 g/mol. The van der Waals surface area contributed by atoms with Gasteiger partial charge in [-0.25, -0.2) is 12.7 Å². The molecule has 6 aliphatic heterocycles. The average molecular weight is 998 g/mol. The molecule has 9 rings (SSSR count). The number of anilines is 1. The Morgan fingerprint density at radius 2 is 1.57 bits per heavy atom. The molecule has 7 amide bonds. The van der Waals surface area contributed by atoms with Gasteiger partial charge < -0.3 is 25.2 Å². The highest BCUT2D eigenvalue weighted by Gasteiger charge is 2.45. The lowest BCUT2D eigenvalue weighted by atomic mass is 9.95. The van der Waals surface area contributed by atoms with Gasteiger partial charge in [-0.3, -0.25) is 54.0 Å². The van der Waals surface area contributed by atoms with Crippen molar-refractivity contribution in [2.75, 3.05) is 82.4 Å². The number of benzene rings is 3. The van der Waals surface area contributed by atoms with Crippen LogP contribution in [0.4, 0.5) is 5.69 Å². The maximum absolute atomic E-state index is 13.7. The van der Waals surface area contributed by atoms with Gasteiger partial charge in [0.2, 0.25) is 33.7 Å². The standard InChI is InChI=1S/C49H59N9O10S2/c1-70(66,67)57-20-17-35(27-57)43(60)50-39(44(61)53-49-51-40(30-69-49)33-5-3-2-4-6-33)29-68-28-32-7-9-34(10-8-32)46(63)56-18-15-31(16-19-56)26-54-21-23-55(24-22-54)36-11-12-37-38(25-36)48(65)58(47(37)64)41-13-14-42(59)52-45(41)62/h2-12,25,31,35,39-41,49,51H,13-24,26-30H2,1H3,(H,50,60)(H,53,61)(H,52,59,62)/t35?,39-,40?,41?,49?/m0/s1. The maximum atomic E-state index is 13.7. The van der Waals surface area contributed by atoms with Gasteiger partial charge in [0.05, 0.1) is 36.5 Å². The zero-order valence-corrected chi connectivity index (χ0v) is 40.7. The van der Waals surface area contributed by atoms with Crippen molar-refractivity contribution in [3.05, 3.63) is 101 Å². The number of rotatable bonds is 15. The molecule has 6 heterocycles. The third kappa shape index (κ3) is 11.2. The lowest BCUT2D eigenvalue weighted by Gasteiger charge is -2.39. The van der Waals surface area contributed by atoms with Crippen LogP contribution in [0.2, 0.25) is 0 Å². The first kappa shape index (κ1) is 49.3. The predicted octanol–water partition coefficient (Wildman–Crippen LogP) is 1.52. The van der Waals surface area contributed by atoms with E-state index in [1.807, 2.05) is 53.4 Å². The maximum Gasteiger partial charge on any atom is 0.262 e. The smallest absolute Gasteiger partial charge is 0.262 e. The van der Waals surface area contributed by atoms with Crippen molar-refractivity contribution in [3.8, 4) is 0 Å². The summed E-state index contributed by atoms with van der Waals surface area (Å²) in [5, 5.41) is 11.5. The van der Waals surface area contributed by atoms with Crippen LogP contribution in [-0.4, -0.2) is 164 Å². The topological polar surface area (TPSA) is 227 Å². The first-order valence-corrected chi connectivity index (χ1v) is 26.9. The van der Waals surface area contributed by atoms with E-state index >= 15 is 0 Å². The number of amides is 7. The molecule has 5 saturated heterocycles. The molecule has 4 unspecified atom stereocenters. The van der Waals surface area contributed by atoms with Crippen LogP contribution in [-0.2, 0) is 40.5 Å². The van der Waals surface area contributed by atoms with Gasteiger partial charge >= 0.3 is 0 Å². The Kier molecular flexibility index (Phi) is 15.0. The second-order valence-electron chi connectivity index (χ2n) is 18.9. The van der Waals surface area contributed by atoms with Crippen molar-refractivity contribution in [3.63, 3.8) is 0 Å². The monoisotopic (exact) mass is 997 g/mol. The number of fused-ring (bicyclic) bond motifs is 1. The number of thioether (sulfide) groups is 1. The highest BCUT2D eigenvalue weighted by atomic mass is 32.2. The molecule has 0 aliphatic carbocycles. The Bertz CT molecular complexity index is 2610. The number of piperidine rings is 2. The number of nitrogens with one attached hydrogen (secondary N) is 4. The normalized spacial score (nSPS) is 24.2. The zero-order valence-electron chi connectivity index (χ0n) is 39.0. The molecule has 5 atom stereocenters. The van der Waals surface area contributed by atoms with Crippen LogP contribution in [0.1, 0.15) is 80.3 Å². The summed E-state index contributed by atoms with van der Waals surface area (Å²) in [6, 6.07) is 20.4. The summed E-state index contributed by atoms with van der Waals surface area (Å²) in [7, 11) is -3.45. The molecule has 3 aromatic carbocycles. The van der Waals surface area contributed by atoms with E-state index in [4.69, 9.17) is 4.74 Å². The Morgan fingerprint density at radius 1 is 0.843 bits per heavy atom. The summed E-state index contributed by atoms with van der Waals surface area (Å²) in [6.07, 6.45) is 3.41. The van der Waals surface area contributed by atoms with Crippen LogP contribution < -0.4 is 26.2 Å². The molecule has 4 N–H and O–H groups in total. The van der Waals surface area contributed by atoms with Crippen molar-refractivity contribution in [1.29, 1.82) is 0 Å². The number of sulfonamides is 1. The molecule has 6 aliphatic rings. The van der Waals surface area contributed by atoms with E-state index in [1.54, 1.807) is 36.0 Å². The summed E-state index contributed by atoms with van der Waals surface area (Å²) in [5.74, 6) is -2.36. The number of carbonyl (C=O) groups excluding carboxylic acids is 7. The molecule has 19 nitrogen and oxygen atoms in total. The van der Waals surface area contributed by atoms with E-state index in [1.165, 1.54) is 4.31 Å². The predicted molar refractivity (Wildman–Crippen MR) is 260 cm³/mol. The Labute approximate surface area is 411 Å². The fourth-order valence-electron chi connectivity index (χ4n) is 10.1. The van der Waals surface area contributed by atoms with E-state index in [-0.39, 0.29) is 67.7 Å². The van der Waals surface area contributed by atoms with Crippen molar-refractivity contribution in [2.24, 2.45) is 11.8 Å². The van der Waals surface area contributed by atoms with Gasteiger partial charge in [-0.05, 0) is 73.1 Å². The minimum absolute atomic E-state index is 0.0389. The lowest BCUT2D eigenvalue weighted by molar-refractivity contribution is -0.136. The van der Waals surface area contributed by atoms with Gasteiger partial charge in [-0.2, -0.15) is 0 Å². The number of likely N-dealkylation sites (tertiary alicyclic amines) is 1. The van der Waals surface area contributed by atoms with Gasteiger partial charge in [-0.1, -0.05) is 42.5 Å². The van der Waals surface area contributed by atoms with Crippen molar-refractivity contribution in [2.45, 2.75) is 62.3 Å². The summed E-state index contributed by atoms with van der Waals surface area (Å²) < 4.78 is 31.5. The second kappa shape index (κ2) is 21.3. The highest BCUT2D eigenvalue weighted by Crippen LogP contribution is 2.32. The van der Waals surface area contributed by atoms with E-state index in [0.717, 1.165) is 79.3 Å². The molecule has 5 fully saturated rings. The van der Waals surface area contributed by atoms with Gasteiger partial charge in [0.15, 0.2) is 0 Å². The molecule has 372 valence electrons. The Hall–Kier alpha value is -5.71. The number of nitrogens with zero attached hydrogens (tertiary/aromatic N) is 5. The summed E-state index contributed by atoms with van der Waals surface area (Å²) >= 11 is 1.55. The largest absolute Gasteiger partial charge is 0.374 e. The number of piperazine rings is 1. The van der Waals surface area contributed by atoms with E-state index in [2.05, 4.69) is 31.1 Å². The van der Waals surface area contributed by atoms with Gasteiger partial charge in [0.25, 0.3) is 17.7 Å². The fraction of sp³-hybridized carbons (Fsp3) is 0.490. The van der Waals surface area contributed by atoms with E-state index < -0.39 is 63.5 Å². The van der Waals surface area contributed by atoms with E-state index in [0.29, 0.717) is 31.0 Å². The van der Waals surface area contributed by atoms with Gasteiger partial charge in [0, 0.05) is 88.4 Å². The molecule has 0 bridgehead atoms. The third-order valence-corrected chi connectivity index (χ3v) is 16.6. The first-order valence-electron chi connectivity index (χ1n) is 24.0. The van der Waals surface area contributed by atoms with Crippen LogP contribution in [0, 0.1) is 11.8 Å². The molecule has 0 radical (unpaired) electrons. The fourth-order valence-corrected chi connectivity index (χ4v) is 12.1. The Morgan fingerprint density at radius 3 is 2.27 bits per heavy atom. The van der Waals surface area contributed by atoms with Gasteiger partial charge in [-0.15, -0.1) is 11.8 Å². The zero-order chi connectivity index (χ0) is 49.1. The average Bonchev–Trinajstić information content (AvgIpc) is 4.11. The molecular formula is C49H59N9O10S2. The molecule has 0 aromatic heterocycles. The highest BCUT2D eigenvalue weighted by molar-refractivity contribution is 8.00. The number of imide groups is 2. The SMILES string of the molecule is CS(=O)(=O)N1CCC(C(=O)N[C@@H](COCc2ccc(C(=O)N3CCC(CN4CCN(c5ccc6c(c5)C(=O)N(C5CCC(=O)NC5=O)C6=O)CC4)CC3)cc2)C(=O)NC2NC(c3ccccc3)CS2)C1. The van der Waals surface area contributed by atoms with Crippen LogP contribution in [0.15, 0.2) is 72.8 Å². The van der Waals surface area contributed by atoms with Gasteiger partial charge in [0.1, 0.15) is 17.6 Å². The summed E-state index contributed by atoms with van der Waals surface area (Å²) in [4.78, 5) is 98.8. The molecule has 3 aromatic rings. The van der Waals surface area contributed by atoms with Crippen LogP contribution >= 0.6 is 11.8 Å². The molecule has 0 spiro atoms. The Balaban J connectivity index is 0.717. The first-order chi connectivity index (χ1) is 33.7. The third-order valence-electron chi connectivity index (χ3n) is 14.2. The van der Waals surface area contributed by atoms with E-state index in [9.17, 15) is 42.0 Å². The van der Waals surface area contributed by atoms with Crippen molar-refractivity contribution in [1.82, 2.24) is 40.3 Å².